The normalized spacial score (nSPS) is 11.0. The minimum atomic E-state index is -3.80. The summed E-state index contributed by atoms with van der Waals surface area (Å²) in [5, 5.41) is 2.80. The lowest BCUT2D eigenvalue weighted by atomic mass is 10.2. The van der Waals surface area contributed by atoms with Gasteiger partial charge in [0, 0.05) is 11.4 Å². The number of hydrogen-bond donors (Lipinski definition) is 2. The molecular formula is C21H19ClN2O4S. The average Bonchev–Trinajstić information content (AvgIpc) is 2.69. The lowest BCUT2D eigenvalue weighted by molar-refractivity contribution is -0.118. The zero-order chi connectivity index (χ0) is 20.9. The van der Waals surface area contributed by atoms with Crippen molar-refractivity contribution in [3.05, 3.63) is 83.4 Å². The predicted molar refractivity (Wildman–Crippen MR) is 114 cm³/mol. The number of para-hydroxylation sites is 1. The summed E-state index contributed by atoms with van der Waals surface area (Å²) in [7, 11) is -3.80. The fourth-order valence-electron chi connectivity index (χ4n) is 2.46. The van der Waals surface area contributed by atoms with Crippen molar-refractivity contribution in [3.63, 3.8) is 0 Å². The van der Waals surface area contributed by atoms with Crippen molar-refractivity contribution in [2.75, 3.05) is 16.6 Å². The number of aryl methyl sites for hydroxylation is 1. The zero-order valence-electron chi connectivity index (χ0n) is 15.6. The fraction of sp³-hybridized carbons (Fsp3) is 0.0952. The van der Waals surface area contributed by atoms with Crippen LogP contribution in [0, 0.1) is 6.92 Å². The highest BCUT2D eigenvalue weighted by Crippen LogP contribution is 2.28. The average molecular weight is 431 g/mol. The van der Waals surface area contributed by atoms with Crippen LogP contribution in [0.1, 0.15) is 5.56 Å². The number of rotatable bonds is 7. The van der Waals surface area contributed by atoms with E-state index in [-0.39, 0.29) is 28.2 Å². The summed E-state index contributed by atoms with van der Waals surface area (Å²) >= 11 is 6.15. The highest BCUT2D eigenvalue weighted by atomic mass is 35.5. The Morgan fingerprint density at radius 1 is 0.966 bits per heavy atom. The molecule has 29 heavy (non-hydrogen) atoms. The van der Waals surface area contributed by atoms with Crippen LogP contribution in [-0.4, -0.2) is 20.9 Å². The molecule has 0 saturated carbocycles. The van der Waals surface area contributed by atoms with Gasteiger partial charge in [-0.3, -0.25) is 9.52 Å². The molecule has 6 nitrogen and oxygen atoms in total. The number of ether oxygens (including phenoxy) is 1. The van der Waals surface area contributed by atoms with Crippen molar-refractivity contribution in [1.29, 1.82) is 0 Å². The van der Waals surface area contributed by atoms with Gasteiger partial charge < -0.3 is 10.1 Å². The predicted octanol–water partition coefficient (Wildman–Crippen LogP) is 4.47. The van der Waals surface area contributed by atoms with Gasteiger partial charge in [-0.05, 0) is 49.4 Å². The summed E-state index contributed by atoms with van der Waals surface area (Å²) in [6, 6.07) is 19.9. The molecule has 0 aliphatic rings. The molecule has 150 valence electrons. The number of hydrogen-bond acceptors (Lipinski definition) is 4. The van der Waals surface area contributed by atoms with Crippen LogP contribution in [0.15, 0.2) is 77.7 Å². The molecule has 3 rings (SSSR count). The number of carbonyl (C=O) groups excluding carboxylic acids is 1. The van der Waals surface area contributed by atoms with Crippen LogP contribution in [0.3, 0.4) is 0 Å². The first-order chi connectivity index (χ1) is 13.8. The molecule has 0 fully saturated rings. The van der Waals surface area contributed by atoms with E-state index in [2.05, 4.69) is 10.0 Å². The smallest absolute Gasteiger partial charge is 0.262 e. The molecule has 0 saturated heterocycles. The van der Waals surface area contributed by atoms with Crippen molar-refractivity contribution in [2.45, 2.75) is 11.8 Å². The van der Waals surface area contributed by atoms with Gasteiger partial charge in [-0.2, -0.15) is 0 Å². The summed E-state index contributed by atoms with van der Waals surface area (Å²) in [5.41, 5.74) is 2.18. The largest absolute Gasteiger partial charge is 0.482 e. The lowest BCUT2D eigenvalue weighted by Crippen LogP contribution is -2.20. The maximum atomic E-state index is 12.5. The van der Waals surface area contributed by atoms with E-state index < -0.39 is 10.0 Å². The highest BCUT2D eigenvalue weighted by molar-refractivity contribution is 7.92. The molecule has 0 aliphatic heterocycles. The van der Waals surface area contributed by atoms with E-state index in [0.717, 1.165) is 5.56 Å². The lowest BCUT2D eigenvalue weighted by Gasteiger charge is -2.11. The molecular weight excluding hydrogens is 412 g/mol. The molecule has 0 aliphatic carbocycles. The molecule has 0 aromatic heterocycles. The summed E-state index contributed by atoms with van der Waals surface area (Å²) in [6.07, 6.45) is 0. The second-order valence-corrected chi connectivity index (χ2v) is 8.36. The van der Waals surface area contributed by atoms with Gasteiger partial charge in [-0.1, -0.05) is 47.5 Å². The van der Waals surface area contributed by atoms with Gasteiger partial charge in [0.25, 0.3) is 15.9 Å². The first-order valence-corrected chi connectivity index (χ1v) is 10.6. The van der Waals surface area contributed by atoms with Crippen LogP contribution in [-0.2, 0) is 14.8 Å². The number of nitrogens with one attached hydrogen (secondary N) is 2. The minimum absolute atomic E-state index is 0.0113. The van der Waals surface area contributed by atoms with Gasteiger partial charge in [0.15, 0.2) is 6.61 Å². The van der Waals surface area contributed by atoms with E-state index in [4.69, 9.17) is 16.3 Å². The number of anilines is 2. The Kier molecular flexibility index (Phi) is 6.41. The molecule has 1 amide bonds. The second kappa shape index (κ2) is 8.98. The Morgan fingerprint density at radius 3 is 2.31 bits per heavy atom. The number of carbonyl (C=O) groups is 1. The molecule has 0 atom stereocenters. The Morgan fingerprint density at radius 2 is 1.66 bits per heavy atom. The zero-order valence-corrected chi connectivity index (χ0v) is 17.1. The van der Waals surface area contributed by atoms with Crippen LogP contribution in [0.25, 0.3) is 0 Å². The van der Waals surface area contributed by atoms with Crippen LogP contribution in [0.5, 0.6) is 5.75 Å². The topological polar surface area (TPSA) is 84.5 Å². The van der Waals surface area contributed by atoms with Gasteiger partial charge in [-0.25, -0.2) is 8.42 Å². The van der Waals surface area contributed by atoms with Gasteiger partial charge >= 0.3 is 0 Å². The Labute approximate surface area is 174 Å². The van der Waals surface area contributed by atoms with E-state index in [1.54, 1.807) is 42.5 Å². The third-order valence-electron chi connectivity index (χ3n) is 3.93. The summed E-state index contributed by atoms with van der Waals surface area (Å²) in [6.45, 7) is 1.69. The molecule has 0 radical (unpaired) electrons. The van der Waals surface area contributed by atoms with E-state index in [1.807, 2.05) is 19.1 Å². The number of sulfonamides is 1. The van der Waals surface area contributed by atoms with Crippen LogP contribution >= 0.6 is 11.6 Å². The Bertz CT molecular complexity index is 1100. The molecule has 0 bridgehead atoms. The first-order valence-electron chi connectivity index (χ1n) is 8.70. The third-order valence-corrected chi connectivity index (χ3v) is 5.61. The fourth-order valence-corrected chi connectivity index (χ4v) is 3.85. The quantitative estimate of drug-likeness (QED) is 0.579. The molecule has 3 aromatic carbocycles. The van der Waals surface area contributed by atoms with Crippen LogP contribution in [0.4, 0.5) is 11.4 Å². The van der Waals surface area contributed by atoms with Gasteiger partial charge in [0.05, 0.1) is 9.92 Å². The maximum absolute atomic E-state index is 12.5. The van der Waals surface area contributed by atoms with Gasteiger partial charge in [0.1, 0.15) is 5.75 Å². The summed E-state index contributed by atoms with van der Waals surface area (Å²) < 4.78 is 32.9. The van der Waals surface area contributed by atoms with Gasteiger partial charge in [-0.15, -0.1) is 0 Å². The van der Waals surface area contributed by atoms with E-state index in [1.165, 1.54) is 18.2 Å². The Hall–Kier alpha value is -3.03. The molecule has 0 spiro atoms. The number of benzene rings is 3. The third kappa shape index (κ3) is 5.73. The summed E-state index contributed by atoms with van der Waals surface area (Å²) in [4.78, 5) is 12.0. The first kappa shape index (κ1) is 20.7. The van der Waals surface area contributed by atoms with Crippen molar-refractivity contribution in [2.24, 2.45) is 0 Å². The van der Waals surface area contributed by atoms with Crippen molar-refractivity contribution in [1.82, 2.24) is 0 Å². The van der Waals surface area contributed by atoms with Gasteiger partial charge in [0.2, 0.25) is 0 Å². The number of halogens is 1. The van der Waals surface area contributed by atoms with Crippen molar-refractivity contribution >= 4 is 38.9 Å². The Balaban J connectivity index is 1.63. The molecule has 0 unspecified atom stereocenters. The molecule has 2 N–H and O–H groups in total. The molecule has 8 heteroatoms. The molecule has 0 heterocycles. The monoisotopic (exact) mass is 430 g/mol. The molecule has 3 aromatic rings. The minimum Gasteiger partial charge on any atom is -0.482 e. The SMILES string of the molecule is Cc1ccc(NC(=O)COc2ccc(S(=O)(=O)Nc3ccccc3)cc2Cl)cc1. The van der Waals surface area contributed by atoms with E-state index >= 15 is 0 Å². The second-order valence-electron chi connectivity index (χ2n) is 6.27. The van der Waals surface area contributed by atoms with E-state index in [9.17, 15) is 13.2 Å². The number of amides is 1. The highest BCUT2D eigenvalue weighted by Gasteiger charge is 2.17. The summed E-state index contributed by atoms with van der Waals surface area (Å²) in [5.74, 6) is -0.142. The maximum Gasteiger partial charge on any atom is 0.262 e. The van der Waals surface area contributed by atoms with E-state index in [0.29, 0.717) is 11.4 Å². The van der Waals surface area contributed by atoms with Crippen LogP contribution in [0.2, 0.25) is 5.02 Å². The standard InChI is InChI=1S/C21H19ClN2O4S/c1-15-7-9-16(10-8-15)23-21(25)14-28-20-12-11-18(13-19(20)22)29(26,27)24-17-5-3-2-4-6-17/h2-13,24H,14H2,1H3,(H,23,25). The van der Waals surface area contributed by atoms with Crippen molar-refractivity contribution in [3.8, 4) is 5.75 Å². The van der Waals surface area contributed by atoms with Crippen LogP contribution < -0.4 is 14.8 Å². The van der Waals surface area contributed by atoms with Crippen molar-refractivity contribution < 1.29 is 17.9 Å².